The van der Waals surface area contributed by atoms with Gasteiger partial charge in [-0.15, -0.1) is 0 Å². The second kappa shape index (κ2) is 2.90. The molecule has 0 aromatic rings. The van der Waals surface area contributed by atoms with Crippen molar-refractivity contribution in [3.8, 4) is 0 Å². The average Bonchev–Trinajstić information content (AvgIpc) is 2.46. The maximum Gasteiger partial charge on any atom is -0.0200 e. The molecule has 0 spiro atoms. The van der Waals surface area contributed by atoms with Crippen molar-refractivity contribution in [3.05, 3.63) is 11.1 Å². The molecule has 3 unspecified atom stereocenters. The standard InChI is InChI=1S/C12H20/c1-8-4-5-11(6-8)12-7-9(2)10(12)3/h8-10H,4-7H2,1-3H3. The fraction of sp³-hybridized carbons (Fsp3) is 0.833. The van der Waals surface area contributed by atoms with E-state index < -0.39 is 0 Å². The molecule has 2 aliphatic rings. The van der Waals surface area contributed by atoms with Gasteiger partial charge in [-0.25, -0.2) is 0 Å². The third-order valence-corrected chi connectivity index (χ3v) is 3.93. The lowest BCUT2D eigenvalue weighted by atomic mass is 9.69. The van der Waals surface area contributed by atoms with E-state index in [0.717, 1.165) is 17.8 Å². The first-order valence-corrected chi connectivity index (χ1v) is 5.39. The van der Waals surface area contributed by atoms with Gasteiger partial charge < -0.3 is 0 Å². The van der Waals surface area contributed by atoms with Crippen LogP contribution >= 0.6 is 0 Å². The van der Waals surface area contributed by atoms with Gasteiger partial charge in [0.2, 0.25) is 0 Å². The fourth-order valence-corrected chi connectivity index (χ4v) is 2.70. The average molecular weight is 164 g/mol. The molecule has 0 aliphatic heterocycles. The van der Waals surface area contributed by atoms with Crippen LogP contribution in [0.15, 0.2) is 11.1 Å². The predicted molar refractivity (Wildman–Crippen MR) is 53.0 cm³/mol. The maximum atomic E-state index is 2.40. The highest BCUT2D eigenvalue weighted by Gasteiger charge is 2.32. The van der Waals surface area contributed by atoms with Gasteiger partial charge in [-0.3, -0.25) is 0 Å². The summed E-state index contributed by atoms with van der Waals surface area (Å²) < 4.78 is 0. The van der Waals surface area contributed by atoms with E-state index in [1.165, 1.54) is 25.7 Å². The van der Waals surface area contributed by atoms with E-state index in [0.29, 0.717) is 0 Å². The van der Waals surface area contributed by atoms with Gasteiger partial charge in [0.15, 0.2) is 0 Å². The molecular formula is C12H20. The Morgan fingerprint density at radius 2 is 1.83 bits per heavy atom. The Bertz CT molecular complexity index is 208. The number of rotatable bonds is 0. The smallest absolute Gasteiger partial charge is 0.0200 e. The largest absolute Gasteiger partial charge is 0.0704 e. The first-order valence-electron chi connectivity index (χ1n) is 5.39. The van der Waals surface area contributed by atoms with Crippen molar-refractivity contribution < 1.29 is 0 Å². The zero-order valence-electron chi connectivity index (χ0n) is 8.56. The van der Waals surface area contributed by atoms with Crippen molar-refractivity contribution in [1.82, 2.24) is 0 Å². The SMILES string of the molecule is CC1CCC(=C2CC(C)C2C)C1. The van der Waals surface area contributed by atoms with Gasteiger partial charge in [-0.2, -0.15) is 0 Å². The van der Waals surface area contributed by atoms with Crippen LogP contribution in [0.1, 0.15) is 46.5 Å². The highest BCUT2D eigenvalue weighted by Crippen LogP contribution is 2.45. The van der Waals surface area contributed by atoms with Gasteiger partial charge >= 0.3 is 0 Å². The van der Waals surface area contributed by atoms with Crippen LogP contribution in [0.25, 0.3) is 0 Å². The summed E-state index contributed by atoms with van der Waals surface area (Å²) in [6.45, 7) is 7.17. The molecule has 0 aromatic heterocycles. The third-order valence-electron chi connectivity index (χ3n) is 3.93. The summed E-state index contributed by atoms with van der Waals surface area (Å²) in [5, 5.41) is 0. The summed E-state index contributed by atoms with van der Waals surface area (Å²) in [6.07, 6.45) is 5.67. The Hall–Kier alpha value is -0.260. The molecule has 0 aromatic carbocycles. The molecule has 2 aliphatic carbocycles. The molecule has 0 nitrogen and oxygen atoms in total. The first-order chi connectivity index (χ1) is 5.68. The molecule has 0 amide bonds. The zero-order chi connectivity index (χ0) is 8.72. The van der Waals surface area contributed by atoms with Gasteiger partial charge in [0.1, 0.15) is 0 Å². The van der Waals surface area contributed by atoms with Crippen molar-refractivity contribution in [2.24, 2.45) is 17.8 Å². The molecule has 0 heterocycles. The van der Waals surface area contributed by atoms with Crippen LogP contribution in [0.4, 0.5) is 0 Å². The second-order valence-electron chi connectivity index (χ2n) is 4.95. The Labute approximate surface area is 76.1 Å². The molecule has 0 heteroatoms. The van der Waals surface area contributed by atoms with Crippen molar-refractivity contribution in [2.45, 2.75) is 46.5 Å². The molecule has 3 atom stereocenters. The summed E-state index contributed by atoms with van der Waals surface area (Å²) >= 11 is 0. The van der Waals surface area contributed by atoms with Crippen LogP contribution in [0.3, 0.4) is 0 Å². The van der Waals surface area contributed by atoms with Crippen molar-refractivity contribution >= 4 is 0 Å². The van der Waals surface area contributed by atoms with E-state index >= 15 is 0 Å². The Balaban J connectivity index is 2.08. The maximum absolute atomic E-state index is 2.40. The minimum absolute atomic E-state index is 0.908. The number of allylic oxidation sites excluding steroid dienone is 2. The van der Waals surface area contributed by atoms with Crippen LogP contribution in [-0.2, 0) is 0 Å². The minimum Gasteiger partial charge on any atom is -0.0704 e. The van der Waals surface area contributed by atoms with Crippen LogP contribution in [0.5, 0.6) is 0 Å². The van der Waals surface area contributed by atoms with Gasteiger partial charge in [0, 0.05) is 0 Å². The molecule has 2 fully saturated rings. The van der Waals surface area contributed by atoms with E-state index in [2.05, 4.69) is 20.8 Å². The normalized spacial score (nSPS) is 47.8. The molecule has 68 valence electrons. The van der Waals surface area contributed by atoms with Gasteiger partial charge in [0.05, 0.1) is 0 Å². The lowest BCUT2D eigenvalue weighted by Crippen LogP contribution is -2.24. The molecule has 2 rings (SSSR count). The fourth-order valence-electron chi connectivity index (χ4n) is 2.70. The van der Waals surface area contributed by atoms with Crippen LogP contribution < -0.4 is 0 Å². The van der Waals surface area contributed by atoms with Crippen molar-refractivity contribution in [3.63, 3.8) is 0 Å². The highest BCUT2D eigenvalue weighted by atomic mass is 14.4. The molecular weight excluding hydrogens is 144 g/mol. The third kappa shape index (κ3) is 1.22. The molecule has 0 radical (unpaired) electrons. The molecule has 0 saturated heterocycles. The van der Waals surface area contributed by atoms with Gasteiger partial charge in [-0.1, -0.05) is 31.9 Å². The summed E-state index contributed by atoms with van der Waals surface area (Å²) in [5.41, 5.74) is 3.65. The number of hydrogen-bond acceptors (Lipinski definition) is 0. The second-order valence-corrected chi connectivity index (χ2v) is 4.95. The highest BCUT2D eigenvalue weighted by molar-refractivity contribution is 5.26. The van der Waals surface area contributed by atoms with E-state index in [4.69, 9.17) is 0 Å². The Morgan fingerprint density at radius 1 is 1.08 bits per heavy atom. The topological polar surface area (TPSA) is 0 Å². The van der Waals surface area contributed by atoms with E-state index in [1.54, 1.807) is 0 Å². The lowest BCUT2D eigenvalue weighted by Gasteiger charge is -2.36. The Morgan fingerprint density at radius 3 is 2.25 bits per heavy atom. The number of hydrogen-bond donors (Lipinski definition) is 0. The van der Waals surface area contributed by atoms with E-state index in [-0.39, 0.29) is 0 Å². The van der Waals surface area contributed by atoms with Crippen molar-refractivity contribution in [1.29, 1.82) is 0 Å². The quantitative estimate of drug-likeness (QED) is 0.478. The van der Waals surface area contributed by atoms with Crippen molar-refractivity contribution in [2.75, 3.05) is 0 Å². The van der Waals surface area contributed by atoms with Crippen LogP contribution in [0.2, 0.25) is 0 Å². The zero-order valence-corrected chi connectivity index (χ0v) is 8.56. The van der Waals surface area contributed by atoms with Gasteiger partial charge in [0.25, 0.3) is 0 Å². The molecule has 0 bridgehead atoms. The van der Waals surface area contributed by atoms with Crippen LogP contribution in [-0.4, -0.2) is 0 Å². The predicted octanol–water partition coefficient (Wildman–Crippen LogP) is 3.78. The first kappa shape index (κ1) is 8.34. The Kier molecular flexibility index (Phi) is 2.02. The molecule has 0 N–H and O–H groups in total. The minimum atomic E-state index is 0.908. The summed E-state index contributed by atoms with van der Waals surface area (Å²) in [5.74, 6) is 2.84. The van der Waals surface area contributed by atoms with E-state index in [9.17, 15) is 0 Å². The van der Waals surface area contributed by atoms with Gasteiger partial charge in [-0.05, 0) is 43.4 Å². The van der Waals surface area contributed by atoms with Crippen LogP contribution in [0, 0.1) is 17.8 Å². The lowest BCUT2D eigenvalue weighted by molar-refractivity contribution is 0.320. The monoisotopic (exact) mass is 164 g/mol. The molecule has 12 heavy (non-hydrogen) atoms. The summed E-state index contributed by atoms with van der Waals surface area (Å²) in [6, 6.07) is 0. The summed E-state index contributed by atoms with van der Waals surface area (Å²) in [4.78, 5) is 0. The summed E-state index contributed by atoms with van der Waals surface area (Å²) in [7, 11) is 0. The van der Waals surface area contributed by atoms with E-state index in [1.807, 2.05) is 11.1 Å². The molecule has 2 saturated carbocycles.